The van der Waals surface area contributed by atoms with Gasteiger partial charge in [0.15, 0.2) is 0 Å². The van der Waals surface area contributed by atoms with E-state index in [0.29, 0.717) is 18.2 Å². The fourth-order valence-electron chi connectivity index (χ4n) is 2.46. The summed E-state index contributed by atoms with van der Waals surface area (Å²) in [5, 5.41) is 2.82. The summed E-state index contributed by atoms with van der Waals surface area (Å²) in [5.74, 6) is 0.142. The van der Waals surface area contributed by atoms with Crippen LogP contribution in [-0.2, 0) is 0 Å². The number of nitrogens with one attached hydrogen (secondary N) is 2. The first-order chi connectivity index (χ1) is 11.9. The third-order valence-corrected chi connectivity index (χ3v) is 3.93. The van der Waals surface area contributed by atoms with Gasteiger partial charge in [0.05, 0.1) is 5.69 Å². The average molecular weight is 342 g/mol. The number of hydrogen-bond acceptors (Lipinski definition) is 4. The minimum Gasteiger partial charge on any atom is -0.351 e. The maximum Gasteiger partial charge on any atom is 0.346 e. The molecule has 2 N–H and O–H groups in total. The van der Waals surface area contributed by atoms with Crippen molar-refractivity contribution in [2.45, 2.75) is 26.2 Å². The van der Waals surface area contributed by atoms with E-state index in [0.717, 1.165) is 18.5 Å². The Hall–Kier alpha value is -2.47. The number of H-pyrrole nitrogens is 1. The fourth-order valence-corrected chi connectivity index (χ4v) is 2.46. The van der Waals surface area contributed by atoms with Crippen molar-refractivity contribution in [3.8, 4) is 11.3 Å². The molecule has 0 radical (unpaired) electrons. The topological polar surface area (TPSA) is 78.1 Å². The van der Waals surface area contributed by atoms with Crippen LogP contribution in [0, 0.1) is 0 Å². The predicted molar refractivity (Wildman–Crippen MR) is 99.9 cm³/mol. The van der Waals surface area contributed by atoms with E-state index in [1.54, 1.807) is 6.07 Å². The second-order valence-electron chi connectivity index (χ2n) is 6.67. The van der Waals surface area contributed by atoms with Gasteiger partial charge in [-0.3, -0.25) is 4.79 Å². The Morgan fingerprint density at radius 3 is 2.52 bits per heavy atom. The Morgan fingerprint density at radius 1 is 1.24 bits per heavy atom. The zero-order valence-corrected chi connectivity index (χ0v) is 15.3. The highest BCUT2D eigenvalue weighted by molar-refractivity contribution is 5.93. The van der Waals surface area contributed by atoms with Gasteiger partial charge in [0, 0.05) is 12.1 Å². The molecule has 2 aromatic rings. The van der Waals surface area contributed by atoms with Crippen LogP contribution < -0.4 is 11.0 Å². The summed E-state index contributed by atoms with van der Waals surface area (Å²) in [5.41, 5.74) is 2.23. The maximum absolute atomic E-state index is 12.2. The molecule has 0 fully saturated rings. The molecule has 0 aliphatic carbocycles. The molecule has 0 spiro atoms. The van der Waals surface area contributed by atoms with Crippen LogP contribution in [0.15, 0.2) is 35.1 Å². The lowest BCUT2D eigenvalue weighted by Gasteiger charge is -2.10. The van der Waals surface area contributed by atoms with Crippen molar-refractivity contribution in [1.29, 1.82) is 0 Å². The van der Waals surface area contributed by atoms with E-state index < -0.39 is 5.69 Å². The molecule has 0 unspecified atom stereocenters. The van der Waals surface area contributed by atoms with Gasteiger partial charge in [-0.25, -0.2) is 4.79 Å². The van der Waals surface area contributed by atoms with Gasteiger partial charge < -0.3 is 15.2 Å². The fraction of sp³-hybridized carbons (Fsp3) is 0.421. The van der Waals surface area contributed by atoms with Crippen LogP contribution in [0.1, 0.15) is 42.2 Å². The standard InChI is InChI=1S/C19H26N4O2/c1-13(2)14-6-8-15(9-7-14)16-12-17(22-19(25)21-16)18(24)20-10-5-11-23(3)4/h6-9,12-13H,5,10-11H2,1-4H3,(H,20,24)(H,21,22,25). The van der Waals surface area contributed by atoms with Crippen molar-refractivity contribution in [1.82, 2.24) is 20.2 Å². The minimum atomic E-state index is -0.524. The molecular formula is C19H26N4O2. The number of amides is 1. The molecule has 0 saturated heterocycles. The van der Waals surface area contributed by atoms with Crippen LogP contribution in [-0.4, -0.2) is 48.0 Å². The van der Waals surface area contributed by atoms with E-state index in [1.165, 1.54) is 5.56 Å². The molecule has 25 heavy (non-hydrogen) atoms. The molecule has 2 rings (SSSR count). The lowest BCUT2D eigenvalue weighted by Crippen LogP contribution is -2.29. The van der Waals surface area contributed by atoms with Gasteiger partial charge in [0.1, 0.15) is 5.69 Å². The second-order valence-corrected chi connectivity index (χ2v) is 6.67. The van der Waals surface area contributed by atoms with E-state index in [2.05, 4.69) is 34.0 Å². The Kier molecular flexibility index (Phi) is 6.47. The summed E-state index contributed by atoms with van der Waals surface area (Å²) in [6.45, 7) is 5.69. The lowest BCUT2D eigenvalue weighted by molar-refractivity contribution is 0.0947. The van der Waals surface area contributed by atoms with E-state index >= 15 is 0 Å². The molecule has 134 valence electrons. The Balaban J connectivity index is 2.14. The van der Waals surface area contributed by atoms with Crippen molar-refractivity contribution in [3.63, 3.8) is 0 Å². The SMILES string of the molecule is CC(C)c1ccc(-c2cc(C(=O)NCCCN(C)C)[nH]c(=O)n2)cc1. The molecule has 1 amide bonds. The van der Waals surface area contributed by atoms with Gasteiger partial charge >= 0.3 is 5.69 Å². The summed E-state index contributed by atoms with van der Waals surface area (Å²) >= 11 is 0. The smallest absolute Gasteiger partial charge is 0.346 e. The van der Waals surface area contributed by atoms with E-state index in [9.17, 15) is 9.59 Å². The molecule has 0 saturated carbocycles. The van der Waals surface area contributed by atoms with Gasteiger partial charge in [-0.2, -0.15) is 4.98 Å². The molecule has 6 heteroatoms. The molecular weight excluding hydrogens is 316 g/mol. The van der Waals surface area contributed by atoms with Crippen LogP contribution in [0.2, 0.25) is 0 Å². The normalized spacial score (nSPS) is 11.1. The highest BCUT2D eigenvalue weighted by Gasteiger charge is 2.10. The summed E-state index contributed by atoms with van der Waals surface area (Å²) in [6, 6.07) is 9.51. The number of benzene rings is 1. The first-order valence-corrected chi connectivity index (χ1v) is 8.51. The van der Waals surface area contributed by atoms with Gasteiger partial charge in [-0.1, -0.05) is 38.1 Å². The molecule has 1 heterocycles. The maximum atomic E-state index is 12.2. The van der Waals surface area contributed by atoms with Gasteiger partial charge in [0.2, 0.25) is 0 Å². The van der Waals surface area contributed by atoms with Crippen molar-refractivity contribution in [3.05, 3.63) is 52.1 Å². The third kappa shape index (κ3) is 5.53. The summed E-state index contributed by atoms with van der Waals surface area (Å²) in [6.07, 6.45) is 0.845. The quantitative estimate of drug-likeness (QED) is 0.757. The Bertz CT molecular complexity index is 764. The molecule has 0 aliphatic rings. The molecule has 0 atom stereocenters. The minimum absolute atomic E-state index is 0.229. The Morgan fingerprint density at radius 2 is 1.92 bits per heavy atom. The van der Waals surface area contributed by atoms with Crippen molar-refractivity contribution in [2.75, 3.05) is 27.2 Å². The highest BCUT2D eigenvalue weighted by Crippen LogP contribution is 2.20. The number of hydrogen-bond donors (Lipinski definition) is 2. The monoisotopic (exact) mass is 342 g/mol. The number of nitrogens with zero attached hydrogens (tertiary/aromatic N) is 2. The number of aromatic nitrogens is 2. The van der Waals surface area contributed by atoms with Crippen LogP contribution in [0.4, 0.5) is 0 Å². The highest BCUT2D eigenvalue weighted by atomic mass is 16.2. The molecule has 1 aromatic carbocycles. The van der Waals surface area contributed by atoms with Crippen LogP contribution in [0.5, 0.6) is 0 Å². The number of carbonyl (C=O) groups excluding carboxylic acids is 1. The summed E-state index contributed by atoms with van der Waals surface area (Å²) in [4.78, 5) is 32.6. The van der Waals surface area contributed by atoms with Gasteiger partial charge in [-0.15, -0.1) is 0 Å². The first kappa shape index (κ1) is 18.9. The zero-order valence-electron chi connectivity index (χ0n) is 15.3. The molecule has 6 nitrogen and oxygen atoms in total. The first-order valence-electron chi connectivity index (χ1n) is 8.51. The van der Waals surface area contributed by atoms with E-state index in [-0.39, 0.29) is 11.6 Å². The molecule has 0 bridgehead atoms. The number of aromatic amines is 1. The summed E-state index contributed by atoms with van der Waals surface area (Å²) in [7, 11) is 3.97. The molecule has 0 aliphatic heterocycles. The van der Waals surface area contributed by atoms with Gasteiger partial charge in [-0.05, 0) is 44.6 Å². The zero-order chi connectivity index (χ0) is 18.4. The van der Waals surface area contributed by atoms with Crippen molar-refractivity contribution < 1.29 is 4.79 Å². The van der Waals surface area contributed by atoms with Crippen molar-refractivity contribution >= 4 is 5.91 Å². The predicted octanol–water partition coefficient (Wildman–Crippen LogP) is 2.24. The molecule has 1 aromatic heterocycles. The number of rotatable bonds is 7. The summed E-state index contributed by atoms with van der Waals surface area (Å²) < 4.78 is 0. The van der Waals surface area contributed by atoms with Crippen LogP contribution in [0.3, 0.4) is 0 Å². The average Bonchev–Trinajstić information content (AvgIpc) is 2.58. The Labute approximate surface area is 148 Å². The lowest BCUT2D eigenvalue weighted by atomic mass is 10.0. The van der Waals surface area contributed by atoms with Gasteiger partial charge in [0.25, 0.3) is 5.91 Å². The largest absolute Gasteiger partial charge is 0.351 e. The number of carbonyl (C=O) groups is 1. The van der Waals surface area contributed by atoms with E-state index in [4.69, 9.17) is 0 Å². The van der Waals surface area contributed by atoms with Crippen LogP contribution in [0.25, 0.3) is 11.3 Å². The second kappa shape index (κ2) is 8.58. The van der Waals surface area contributed by atoms with Crippen LogP contribution >= 0.6 is 0 Å². The van der Waals surface area contributed by atoms with E-state index in [1.807, 2.05) is 38.4 Å². The van der Waals surface area contributed by atoms with Crippen molar-refractivity contribution in [2.24, 2.45) is 0 Å². The third-order valence-electron chi connectivity index (χ3n) is 3.93.